The number of halogens is 3. The Bertz CT molecular complexity index is 1170. The van der Waals surface area contributed by atoms with E-state index in [9.17, 15) is 8.78 Å². The molecule has 28 heavy (non-hydrogen) atoms. The third-order valence-electron chi connectivity index (χ3n) is 4.47. The number of aromatic nitrogens is 4. The van der Waals surface area contributed by atoms with Crippen molar-refractivity contribution in [1.82, 2.24) is 19.6 Å². The second-order valence-electron chi connectivity index (χ2n) is 6.46. The van der Waals surface area contributed by atoms with Gasteiger partial charge < -0.3 is 5.32 Å². The second-order valence-corrected chi connectivity index (χ2v) is 6.85. The Kier molecular flexibility index (Phi) is 4.68. The average Bonchev–Trinajstić information content (AvgIpc) is 3.02. The van der Waals surface area contributed by atoms with E-state index in [-0.39, 0.29) is 16.4 Å². The lowest BCUT2D eigenvalue weighted by atomic mass is 10.1. The van der Waals surface area contributed by atoms with Crippen molar-refractivity contribution in [2.45, 2.75) is 20.4 Å². The molecule has 0 saturated carbocycles. The maximum Gasteiger partial charge on any atom is 0.178 e. The normalized spacial score (nSPS) is 11.2. The van der Waals surface area contributed by atoms with Crippen LogP contribution in [0.25, 0.3) is 16.9 Å². The molecule has 8 heteroatoms. The van der Waals surface area contributed by atoms with Crippen LogP contribution < -0.4 is 5.32 Å². The van der Waals surface area contributed by atoms with Gasteiger partial charge >= 0.3 is 0 Å². The molecule has 0 aliphatic carbocycles. The van der Waals surface area contributed by atoms with Crippen molar-refractivity contribution < 1.29 is 8.78 Å². The fourth-order valence-electron chi connectivity index (χ4n) is 3.04. The average molecular weight is 400 g/mol. The van der Waals surface area contributed by atoms with Crippen LogP contribution >= 0.6 is 11.6 Å². The number of nitrogens with zero attached hydrogens (tertiary/aromatic N) is 4. The fourth-order valence-corrected chi connectivity index (χ4v) is 3.20. The third-order valence-corrected chi connectivity index (χ3v) is 4.73. The van der Waals surface area contributed by atoms with E-state index in [1.54, 1.807) is 12.3 Å². The highest BCUT2D eigenvalue weighted by Gasteiger charge is 2.17. The molecule has 1 aromatic carbocycles. The summed E-state index contributed by atoms with van der Waals surface area (Å²) in [5, 5.41) is 7.76. The van der Waals surface area contributed by atoms with Crippen LogP contribution in [0.2, 0.25) is 5.15 Å². The van der Waals surface area contributed by atoms with Crippen molar-refractivity contribution in [3.05, 3.63) is 76.3 Å². The number of hydrogen-bond donors (Lipinski definition) is 1. The van der Waals surface area contributed by atoms with Crippen LogP contribution in [0.3, 0.4) is 0 Å². The largest absolute Gasteiger partial charge is 0.378 e. The molecule has 0 bridgehead atoms. The van der Waals surface area contributed by atoms with Crippen molar-refractivity contribution in [3.63, 3.8) is 0 Å². The summed E-state index contributed by atoms with van der Waals surface area (Å²) < 4.78 is 29.9. The molecule has 0 spiro atoms. The highest BCUT2D eigenvalue weighted by Crippen LogP contribution is 2.29. The first kappa shape index (κ1) is 18.3. The maximum atomic E-state index is 14.3. The number of anilines is 1. The smallest absolute Gasteiger partial charge is 0.178 e. The van der Waals surface area contributed by atoms with Gasteiger partial charge in [0.2, 0.25) is 0 Å². The molecule has 3 heterocycles. The predicted molar refractivity (Wildman–Crippen MR) is 104 cm³/mol. The highest BCUT2D eigenvalue weighted by molar-refractivity contribution is 6.29. The summed E-state index contributed by atoms with van der Waals surface area (Å²) in [7, 11) is 0. The zero-order valence-corrected chi connectivity index (χ0v) is 15.9. The second kappa shape index (κ2) is 7.16. The molecule has 0 atom stereocenters. The fraction of sp³-hybridized carbons (Fsp3) is 0.150. The van der Waals surface area contributed by atoms with Crippen molar-refractivity contribution in [1.29, 1.82) is 0 Å². The van der Waals surface area contributed by atoms with E-state index in [2.05, 4.69) is 20.4 Å². The molecular weight excluding hydrogens is 384 g/mol. The van der Waals surface area contributed by atoms with E-state index in [0.29, 0.717) is 17.9 Å². The predicted octanol–water partition coefficient (Wildman–Crippen LogP) is 4.95. The van der Waals surface area contributed by atoms with Gasteiger partial charge in [0.25, 0.3) is 0 Å². The maximum absolute atomic E-state index is 14.3. The zero-order valence-electron chi connectivity index (χ0n) is 15.2. The SMILES string of the molecule is Cc1cc(C)c(CNc2cc(-c3c(F)cccc3F)nn3c(Cl)cnc23)cn1. The number of imidazole rings is 1. The quantitative estimate of drug-likeness (QED) is 0.527. The highest BCUT2D eigenvalue weighted by atomic mass is 35.5. The first-order chi connectivity index (χ1) is 13.4. The van der Waals surface area contributed by atoms with Gasteiger partial charge in [-0.3, -0.25) is 4.98 Å². The topological polar surface area (TPSA) is 55.1 Å². The molecule has 1 N–H and O–H groups in total. The Hall–Kier alpha value is -3.06. The molecule has 0 saturated heterocycles. The Morgan fingerprint density at radius 3 is 2.54 bits per heavy atom. The van der Waals surface area contributed by atoms with Gasteiger partial charge in [0.15, 0.2) is 10.8 Å². The minimum Gasteiger partial charge on any atom is -0.378 e. The van der Waals surface area contributed by atoms with Crippen molar-refractivity contribution in [2.75, 3.05) is 5.32 Å². The lowest BCUT2D eigenvalue weighted by Crippen LogP contribution is -2.07. The van der Waals surface area contributed by atoms with Crippen LogP contribution in [0.1, 0.15) is 16.8 Å². The molecule has 0 aliphatic heterocycles. The Morgan fingerprint density at radius 1 is 1.07 bits per heavy atom. The Balaban J connectivity index is 1.79. The van der Waals surface area contributed by atoms with Gasteiger partial charge in [0.05, 0.1) is 23.1 Å². The number of aryl methyl sites for hydroxylation is 2. The van der Waals surface area contributed by atoms with E-state index < -0.39 is 11.6 Å². The van der Waals surface area contributed by atoms with Gasteiger partial charge in [-0.15, -0.1) is 0 Å². The van der Waals surface area contributed by atoms with Crippen LogP contribution in [0.5, 0.6) is 0 Å². The van der Waals surface area contributed by atoms with Crippen LogP contribution in [0.4, 0.5) is 14.5 Å². The van der Waals surface area contributed by atoms with Gasteiger partial charge in [-0.05, 0) is 49.2 Å². The van der Waals surface area contributed by atoms with Crippen molar-refractivity contribution >= 4 is 22.9 Å². The summed E-state index contributed by atoms with van der Waals surface area (Å²) in [6.45, 7) is 4.39. The lowest BCUT2D eigenvalue weighted by Gasteiger charge is -2.12. The van der Waals surface area contributed by atoms with E-state index in [1.807, 2.05) is 19.9 Å². The van der Waals surface area contributed by atoms with Gasteiger partial charge in [0, 0.05) is 18.4 Å². The zero-order chi connectivity index (χ0) is 19.8. The molecule has 4 aromatic rings. The van der Waals surface area contributed by atoms with E-state index in [1.165, 1.54) is 28.9 Å². The van der Waals surface area contributed by atoms with Crippen molar-refractivity contribution in [2.24, 2.45) is 0 Å². The number of nitrogens with one attached hydrogen (secondary N) is 1. The minimum absolute atomic E-state index is 0.115. The van der Waals surface area contributed by atoms with Gasteiger partial charge in [-0.25, -0.2) is 13.8 Å². The van der Waals surface area contributed by atoms with Gasteiger partial charge in [-0.2, -0.15) is 9.61 Å². The lowest BCUT2D eigenvalue weighted by molar-refractivity contribution is 0.588. The minimum atomic E-state index is -0.701. The summed E-state index contributed by atoms with van der Waals surface area (Å²) in [4.78, 5) is 8.56. The summed E-state index contributed by atoms with van der Waals surface area (Å²) in [6, 6.07) is 7.24. The van der Waals surface area contributed by atoms with E-state index >= 15 is 0 Å². The Labute approximate surface area is 165 Å². The third kappa shape index (κ3) is 3.29. The van der Waals surface area contributed by atoms with Crippen LogP contribution in [-0.4, -0.2) is 19.6 Å². The molecule has 4 rings (SSSR count). The summed E-state index contributed by atoms with van der Waals surface area (Å²) in [6.07, 6.45) is 3.24. The summed E-state index contributed by atoms with van der Waals surface area (Å²) in [5.74, 6) is -1.40. The van der Waals surface area contributed by atoms with Gasteiger partial charge in [0.1, 0.15) is 11.6 Å². The standard InChI is InChI=1S/C20H16ClF2N5/c1-11-6-12(2)24-8-13(11)9-25-17-7-16(19-14(22)4-3-5-15(19)23)27-28-18(21)10-26-20(17)28/h3-8,10,25H,9H2,1-2H3. The van der Waals surface area contributed by atoms with Crippen LogP contribution in [-0.2, 0) is 6.54 Å². The molecule has 0 aliphatic rings. The number of hydrogen-bond acceptors (Lipinski definition) is 4. The van der Waals surface area contributed by atoms with Crippen molar-refractivity contribution in [3.8, 4) is 11.3 Å². The van der Waals surface area contributed by atoms with Crippen LogP contribution in [0, 0.1) is 25.5 Å². The molecule has 0 radical (unpaired) electrons. The molecule has 3 aromatic heterocycles. The molecule has 0 unspecified atom stereocenters. The van der Waals surface area contributed by atoms with E-state index in [4.69, 9.17) is 11.6 Å². The summed E-state index contributed by atoms with van der Waals surface area (Å²) >= 11 is 6.16. The number of benzene rings is 1. The molecular formula is C20H16ClF2N5. The number of rotatable bonds is 4. The van der Waals surface area contributed by atoms with Gasteiger partial charge in [-0.1, -0.05) is 17.7 Å². The summed E-state index contributed by atoms with van der Waals surface area (Å²) in [5.41, 5.74) is 3.94. The van der Waals surface area contributed by atoms with Crippen LogP contribution in [0.15, 0.2) is 42.7 Å². The monoisotopic (exact) mass is 399 g/mol. The first-order valence-corrected chi connectivity index (χ1v) is 8.96. The first-order valence-electron chi connectivity index (χ1n) is 8.58. The van der Waals surface area contributed by atoms with E-state index in [0.717, 1.165) is 16.8 Å². The Morgan fingerprint density at radius 2 is 1.82 bits per heavy atom. The molecule has 5 nitrogen and oxygen atoms in total. The molecule has 0 amide bonds. The number of fused-ring (bicyclic) bond motifs is 1. The molecule has 142 valence electrons. The molecule has 0 fully saturated rings. The number of pyridine rings is 1.